The molecule has 0 saturated heterocycles. The number of carboxylic acid groups (broad SMARTS) is 1. The molecule has 0 fully saturated rings. The van der Waals surface area contributed by atoms with E-state index in [9.17, 15) is 13.6 Å². The summed E-state index contributed by atoms with van der Waals surface area (Å²) >= 11 is 0. The minimum Gasteiger partial charge on any atom is -0.492 e. The average Bonchev–Trinajstić information content (AvgIpc) is 2.29. The van der Waals surface area contributed by atoms with Crippen LogP contribution in [0.2, 0.25) is 0 Å². The lowest BCUT2D eigenvalue weighted by Gasteiger charge is -2.13. The van der Waals surface area contributed by atoms with Crippen molar-refractivity contribution in [2.75, 3.05) is 14.2 Å². The van der Waals surface area contributed by atoms with Gasteiger partial charge in [0.1, 0.15) is 0 Å². The van der Waals surface area contributed by atoms with E-state index in [1.54, 1.807) is 0 Å². The molecule has 0 bridgehead atoms. The molecule has 1 rings (SSSR count). The van der Waals surface area contributed by atoms with Gasteiger partial charge in [0.15, 0.2) is 17.3 Å². The smallest absolute Gasteiger partial charge is 0.303 e. The minimum atomic E-state index is -1.15. The predicted molar refractivity (Wildman–Crippen MR) is 55.4 cm³/mol. The Morgan fingerprint density at radius 1 is 1.29 bits per heavy atom. The number of hydrogen-bond donors (Lipinski definition) is 1. The molecule has 4 nitrogen and oxygen atoms in total. The molecule has 94 valence electrons. The van der Waals surface area contributed by atoms with Crippen molar-refractivity contribution in [2.24, 2.45) is 0 Å². The van der Waals surface area contributed by atoms with Gasteiger partial charge in [-0.3, -0.25) is 4.79 Å². The summed E-state index contributed by atoms with van der Waals surface area (Å²) < 4.78 is 36.2. The SMILES string of the molecule is COc1c(CCC(=O)O)cc(F)c(F)c1OC. The van der Waals surface area contributed by atoms with E-state index in [1.165, 1.54) is 14.2 Å². The topological polar surface area (TPSA) is 55.8 Å². The highest BCUT2D eigenvalue weighted by atomic mass is 19.2. The van der Waals surface area contributed by atoms with Crippen LogP contribution >= 0.6 is 0 Å². The van der Waals surface area contributed by atoms with Crippen LogP contribution in [0, 0.1) is 11.6 Å². The van der Waals surface area contributed by atoms with Crippen LogP contribution in [-0.4, -0.2) is 25.3 Å². The molecule has 0 atom stereocenters. The van der Waals surface area contributed by atoms with Gasteiger partial charge in [0.25, 0.3) is 0 Å². The molecule has 1 aromatic rings. The Morgan fingerprint density at radius 3 is 2.35 bits per heavy atom. The van der Waals surface area contributed by atoms with Gasteiger partial charge in [-0.2, -0.15) is 4.39 Å². The number of hydrogen-bond acceptors (Lipinski definition) is 3. The van der Waals surface area contributed by atoms with E-state index >= 15 is 0 Å². The molecular formula is C11H12F2O4. The monoisotopic (exact) mass is 246 g/mol. The Morgan fingerprint density at radius 2 is 1.88 bits per heavy atom. The number of halogens is 2. The van der Waals surface area contributed by atoms with E-state index in [0.717, 1.165) is 6.07 Å². The number of methoxy groups -OCH3 is 2. The van der Waals surface area contributed by atoms with Gasteiger partial charge < -0.3 is 14.6 Å². The molecule has 0 radical (unpaired) electrons. The van der Waals surface area contributed by atoms with Crippen molar-refractivity contribution in [3.63, 3.8) is 0 Å². The third kappa shape index (κ3) is 2.83. The molecule has 0 heterocycles. The maximum absolute atomic E-state index is 13.3. The van der Waals surface area contributed by atoms with Crippen molar-refractivity contribution in [3.05, 3.63) is 23.3 Å². The van der Waals surface area contributed by atoms with Gasteiger partial charge in [0, 0.05) is 12.0 Å². The van der Waals surface area contributed by atoms with Gasteiger partial charge in [0.05, 0.1) is 14.2 Å². The summed E-state index contributed by atoms with van der Waals surface area (Å²) in [7, 11) is 2.46. The number of carboxylic acids is 1. The Labute approximate surface area is 96.8 Å². The van der Waals surface area contributed by atoms with Gasteiger partial charge >= 0.3 is 5.97 Å². The first kappa shape index (κ1) is 13.2. The van der Waals surface area contributed by atoms with Crippen molar-refractivity contribution in [3.8, 4) is 11.5 Å². The molecular weight excluding hydrogens is 234 g/mol. The van der Waals surface area contributed by atoms with Crippen LogP contribution in [0.5, 0.6) is 11.5 Å². The summed E-state index contributed by atoms with van der Waals surface area (Å²) in [6, 6.07) is 0.916. The molecule has 0 aliphatic carbocycles. The molecule has 1 aromatic carbocycles. The van der Waals surface area contributed by atoms with Crippen LogP contribution in [0.1, 0.15) is 12.0 Å². The largest absolute Gasteiger partial charge is 0.492 e. The van der Waals surface area contributed by atoms with Crippen molar-refractivity contribution < 1.29 is 28.2 Å². The Kier molecular flexibility index (Phi) is 4.25. The molecule has 0 aromatic heterocycles. The highest BCUT2D eigenvalue weighted by molar-refractivity contribution is 5.67. The Bertz CT molecular complexity index is 432. The van der Waals surface area contributed by atoms with Gasteiger partial charge in [0.2, 0.25) is 5.82 Å². The van der Waals surface area contributed by atoms with Gasteiger partial charge in [-0.1, -0.05) is 0 Å². The minimum absolute atomic E-state index is 0.0210. The maximum atomic E-state index is 13.3. The molecule has 0 saturated carbocycles. The number of aryl methyl sites for hydroxylation is 1. The number of ether oxygens (including phenoxy) is 2. The highest BCUT2D eigenvalue weighted by Crippen LogP contribution is 2.36. The van der Waals surface area contributed by atoms with Crippen LogP contribution in [0.25, 0.3) is 0 Å². The van der Waals surface area contributed by atoms with E-state index in [4.69, 9.17) is 14.6 Å². The first-order valence-electron chi connectivity index (χ1n) is 4.81. The van der Waals surface area contributed by atoms with Crippen LogP contribution in [0.4, 0.5) is 8.78 Å². The summed E-state index contributed by atoms with van der Waals surface area (Å²) in [5.74, 6) is -3.61. The van der Waals surface area contributed by atoms with E-state index in [0.29, 0.717) is 0 Å². The summed E-state index contributed by atoms with van der Waals surface area (Å²) in [4.78, 5) is 10.4. The van der Waals surface area contributed by atoms with Crippen molar-refractivity contribution in [2.45, 2.75) is 12.8 Å². The van der Waals surface area contributed by atoms with Crippen LogP contribution < -0.4 is 9.47 Å². The number of benzene rings is 1. The first-order valence-corrected chi connectivity index (χ1v) is 4.81. The molecule has 0 aliphatic rings. The van der Waals surface area contributed by atoms with Crippen LogP contribution in [0.15, 0.2) is 6.07 Å². The molecule has 0 aliphatic heterocycles. The number of aliphatic carboxylic acids is 1. The molecule has 0 amide bonds. The van der Waals surface area contributed by atoms with Gasteiger partial charge in [-0.25, -0.2) is 4.39 Å². The molecule has 17 heavy (non-hydrogen) atoms. The molecule has 0 unspecified atom stereocenters. The third-order valence-corrected chi connectivity index (χ3v) is 2.22. The predicted octanol–water partition coefficient (Wildman–Crippen LogP) is 2.00. The first-order chi connectivity index (χ1) is 8.01. The fourth-order valence-electron chi connectivity index (χ4n) is 1.47. The standard InChI is InChI=1S/C11H12F2O4/c1-16-10-6(3-4-8(14)15)5-7(12)9(13)11(10)17-2/h5H,3-4H2,1-2H3,(H,14,15). The zero-order valence-corrected chi connectivity index (χ0v) is 9.42. The van der Waals surface area contributed by atoms with E-state index in [-0.39, 0.29) is 29.9 Å². The highest BCUT2D eigenvalue weighted by Gasteiger charge is 2.20. The van der Waals surface area contributed by atoms with Crippen molar-refractivity contribution in [1.82, 2.24) is 0 Å². The summed E-state index contributed by atoms with van der Waals surface area (Å²) in [5, 5.41) is 8.55. The quantitative estimate of drug-likeness (QED) is 0.863. The lowest BCUT2D eigenvalue weighted by Crippen LogP contribution is -2.04. The second kappa shape index (κ2) is 5.47. The average molecular weight is 246 g/mol. The maximum Gasteiger partial charge on any atom is 0.303 e. The lowest BCUT2D eigenvalue weighted by molar-refractivity contribution is -0.136. The fraction of sp³-hybridized carbons (Fsp3) is 0.364. The second-order valence-electron chi connectivity index (χ2n) is 3.29. The van der Waals surface area contributed by atoms with Crippen LogP contribution in [-0.2, 0) is 11.2 Å². The zero-order valence-electron chi connectivity index (χ0n) is 9.42. The van der Waals surface area contributed by atoms with Crippen molar-refractivity contribution >= 4 is 5.97 Å². The van der Waals surface area contributed by atoms with Gasteiger partial charge in [-0.15, -0.1) is 0 Å². The summed E-state index contributed by atoms with van der Waals surface area (Å²) in [6.07, 6.45) is -0.170. The van der Waals surface area contributed by atoms with E-state index in [1.807, 2.05) is 0 Å². The normalized spacial score (nSPS) is 10.1. The number of rotatable bonds is 5. The third-order valence-electron chi connectivity index (χ3n) is 2.22. The molecule has 0 spiro atoms. The summed E-state index contributed by atoms with van der Waals surface area (Å²) in [5.41, 5.74) is 0.255. The van der Waals surface area contributed by atoms with E-state index in [2.05, 4.69) is 0 Å². The van der Waals surface area contributed by atoms with E-state index < -0.39 is 17.6 Å². The fourth-order valence-corrected chi connectivity index (χ4v) is 1.47. The number of carbonyl (C=O) groups is 1. The molecule has 1 N–H and O–H groups in total. The van der Waals surface area contributed by atoms with Crippen LogP contribution in [0.3, 0.4) is 0 Å². The lowest BCUT2D eigenvalue weighted by atomic mass is 10.1. The Balaban J connectivity index is 3.19. The van der Waals surface area contributed by atoms with Crippen molar-refractivity contribution in [1.29, 1.82) is 0 Å². The summed E-state index contributed by atoms with van der Waals surface area (Å²) in [6.45, 7) is 0. The second-order valence-corrected chi connectivity index (χ2v) is 3.29. The zero-order chi connectivity index (χ0) is 13.0. The Hall–Kier alpha value is -1.85. The molecule has 6 heteroatoms. The van der Waals surface area contributed by atoms with Gasteiger partial charge in [-0.05, 0) is 12.5 Å².